The predicted molar refractivity (Wildman–Crippen MR) is 70.1 cm³/mol. The van der Waals surface area contributed by atoms with Gasteiger partial charge in [0.05, 0.1) is 6.61 Å². The van der Waals surface area contributed by atoms with Gasteiger partial charge in [0.2, 0.25) is 0 Å². The summed E-state index contributed by atoms with van der Waals surface area (Å²) in [4.78, 5) is 0. The van der Waals surface area contributed by atoms with Crippen molar-refractivity contribution in [2.24, 2.45) is 10.9 Å². The van der Waals surface area contributed by atoms with Gasteiger partial charge < -0.3 is 20.8 Å². The molecule has 0 saturated heterocycles. The highest BCUT2D eigenvalue weighted by molar-refractivity contribution is 5.98. The van der Waals surface area contributed by atoms with Crippen LogP contribution in [0, 0.1) is 6.92 Å². The van der Waals surface area contributed by atoms with Crippen molar-refractivity contribution in [1.29, 1.82) is 0 Å². The Labute approximate surface area is 107 Å². The van der Waals surface area contributed by atoms with Crippen molar-refractivity contribution in [1.82, 2.24) is 0 Å². The molecule has 0 saturated carbocycles. The first-order valence-electron chi connectivity index (χ1n) is 6.01. The van der Waals surface area contributed by atoms with E-state index in [9.17, 15) is 0 Å². The molecule has 0 unspecified atom stereocenters. The minimum Gasteiger partial charge on any atom is -0.494 e. The zero-order valence-corrected chi connectivity index (χ0v) is 10.6. The van der Waals surface area contributed by atoms with Gasteiger partial charge in [0, 0.05) is 12.2 Å². The molecule has 0 atom stereocenters. The van der Waals surface area contributed by atoms with Gasteiger partial charge in [-0.2, -0.15) is 0 Å². The molecule has 0 aliphatic rings. The van der Waals surface area contributed by atoms with Crippen LogP contribution in [0.15, 0.2) is 23.4 Å². The smallest absolute Gasteiger partial charge is 0.170 e. The van der Waals surface area contributed by atoms with Gasteiger partial charge in [-0.25, -0.2) is 0 Å². The topological polar surface area (TPSA) is 88.1 Å². The third-order valence-electron chi connectivity index (χ3n) is 2.65. The average Bonchev–Trinajstić information content (AvgIpc) is 2.38. The number of nitrogens with zero attached hydrogens (tertiary/aromatic N) is 1. The van der Waals surface area contributed by atoms with E-state index in [1.54, 1.807) is 12.1 Å². The maximum absolute atomic E-state index is 8.64. The number of aryl methyl sites for hydroxylation is 1. The van der Waals surface area contributed by atoms with Crippen LogP contribution in [0.2, 0.25) is 0 Å². The van der Waals surface area contributed by atoms with Crippen LogP contribution >= 0.6 is 0 Å². The Morgan fingerprint density at radius 3 is 2.72 bits per heavy atom. The Morgan fingerprint density at radius 1 is 1.33 bits per heavy atom. The van der Waals surface area contributed by atoms with Crippen molar-refractivity contribution in [3.05, 3.63) is 29.3 Å². The summed E-state index contributed by atoms with van der Waals surface area (Å²) in [6.07, 6.45) is 2.68. The summed E-state index contributed by atoms with van der Waals surface area (Å²) in [5.74, 6) is 0.869. The predicted octanol–water partition coefficient (Wildman–Crippen LogP) is 1.63. The normalized spacial score (nSPS) is 11.6. The Hall–Kier alpha value is -1.75. The van der Waals surface area contributed by atoms with Gasteiger partial charge in [-0.1, -0.05) is 5.16 Å². The second-order valence-electron chi connectivity index (χ2n) is 4.09. The molecule has 18 heavy (non-hydrogen) atoms. The number of unbranched alkanes of at least 4 members (excludes halogenated alkanes) is 2. The summed E-state index contributed by atoms with van der Waals surface area (Å²) < 4.78 is 5.58. The molecule has 0 amide bonds. The fourth-order valence-corrected chi connectivity index (χ4v) is 1.65. The summed E-state index contributed by atoms with van der Waals surface area (Å²) in [7, 11) is 0. The molecule has 0 aliphatic heterocycles. The molecule has 0 spiro atoms. The van der Waals surface area contributed by atoms with Crippen LogP contribution < -0.4 is 10.5 Å². The van der Waals surface area contributed by atoms with E-state index in [0.29, 0.717) is 12.2 Å². The highest BCUT2D eigenvalue weighted by Crippen LogP contribution is 2.17. The second kappa shape index (κ2) is 7.55. The molecule has 1 rings (SSSR count). The minimum absolute atomic E-state index is 0.0991. The number of ether oxygens (including phenoxy) is 1. The van der Waals surface area contributed by atoms with E-state index in [4.69, 9.17) is 20.8 Å². The third kappa shape index (κ3) is 4.25. The molecule has 0 fully saturated rings. The van der Waals surface area contributed by atoms with E-state index in [1.807, 2.05) is 13.0 Å². The number of aliphatic hydroxyl groups is 1. The molecule has 0 bridgehead atoms. The maximum Gasteiger partial charge on any atom is 0.170 e. The van der Waals surface area contributed by atoms with Crippen molar-refractivity contribution < 1.29 is 15.1 Å². The van der Waals surface area contributed by atoms with Crippen molar-refractivity contribution in [3.63, 3.8) is 0 Å². The lowest BCUT2D eigenvalue weighted by Gasteiger charge is -2.09. The zero-order valence-electron chi connectivity index (χ0n) is 10.6. The summed E-state index contributed by atoms with van der Waals surface area (Å²) in [5.41, 5.74) is 7.14. The van der Waals surface area contributed by atoms with E-state index >= 15 is 0 Å². The molecular weight excluding hydrogens is 232 g/mol. The Morgan fingerprint density at radius 2 is 2.11 bits per heavy atom. The van der Waals surface area contributed by atoms with Gasteiger partial charge in [-0.3, -0.25) is 0 Å². The van der Waals surface area contributed by atoms with E-state index in [-0.39, 0.29) is 12.4 Å². The SMILES string of the molecule is Cc1cc(OCCCCCO)ccc1/C(N)=N/O. The number of rotatable bonds is 7. The highest BCUT2D eigenvalue weighted by atomic mass is 16.5. The maximum atomic E-state index is 8.64. The Kier molecular flexibility index (Phi) is 6.00. The molecule has 5 heteroatoms. The van der Waals surface area contributed by atoms with Gasteiger partial charge in [0.1, 0.15) is 5.75 Å². The minimum atomic E-state index is 0.0991. The first kappa shape index (κ1) is 14.3. The van der Waals surface area contributed by atoms with Crippen LogP contribution in [-0.4, -0.2) is 29.4 Å². The number of oxime groups is 1. The van der Waals surface area contributed by atoms with Crippen LogP contribution in [-0.2, 0) is 0 Å². The summed E-state index contributed by atoms with van der Waals surface area (Å²) >= 11 is 0. The average molecular weight is 252 g/mol. The number of hydrogen-bond donors (Lipinski definition) is 3. The lowest BCUT2D eigenvalue weighted by molar-refractivity contribution is 0.266. The van der Waals surface area contributed by atoms with Crippen LogP contribution in [0.4, 0.5) is 0 Å². The zero-order chi connectivity index (χ0) is 13.4. The van der Waals surface area contributed by atoms with Gasteiger partial charge >= 0.3 is 0 Å². The molecule has 0 aromatic heterocycles. The largest absolute Gasteiger partial charge is 0.494 e. The fourth-order valence-electron chi connectivity index (χ4n) is 1.65. The quantitative estimate of drug-likeness (QED) is 0.226. The molecular formula is C13H20N2O3. The summed E-state index contributed by atoms with van der Waals surface area (Å²) in [6, 6.07) is 5.43. The molecule has 1 aromatic rings. The van der Waals surface area contributed by atoms with Crippen LogP contribution in [0.1, 0.15) is 30.4 Å². The lowest BCUT2D eigenvalue weighted by Crippen LogP contribution is -2.14. The van der Waals surface area contributed by atoms with Gasteiger partial charge in [-0.15, -0.1) is 0 Å². The summed E-state index contributed by atoms with van der Waals surface area (Å²) in [6.45, 7) is 2.74. The van der Waals surface area contributed by atoms with Crippen LogP contribution in [0.3, 0.4) is 0 Å². The van der Waals surface area contributed by atoms with Crippen molar-refractivity contribution >= 4 is 5.84 Å². The van der Waals surface area contributed by atoms with Crippen molar-refractivity contribution in [2.75, 3.05) is 13.2 Å². The van der Waals surface area contributed by atoms with E-state index in [0.717, 1.165) is 30.6 Å². The van der Waals surface area contributed by atoms with Gasteiger partial charge in [0.15, 0.2) is 5.84 Å². The number of nitrogens with two attached hydrogens (primary N) is 1. The Bertz CT molecular complexity index is 405. The van der Waals surface area contributed by atoms with E-state index in [1.165, 1.54) is 0 Å². The molecule has 0 radical (unpaired) electrons. The Balaban J connectivity index is 2.51. The lowest BCUT2D eigenvalue weighted by atomic mass is 10.1. The van der Waals surface area contributed by atoms with Gasteiger partial charge in [-0.05, 0) is 49.9 Å². The van der Waals surface area contributed by atoms with E-state index < -0.39 is 0 Å². The fraction of sp³-hybridized carbons (Fsp3) is 0.462. The number of aliphatic hydroxyl groups excluding tert-OH is 1. The molecule has 5 nitrogen and oxygen atoms in total. The molecule has 1 aromatic carbocycles. The third-order valence-corrected chi connectivity index (χ3v) is 2.65. The number of hydrogen-bond acceptors (Lipinski definition) is 4. The molecule has 100 valence electrons. The summed E-state index contributed by atoms with van der Waals surface area (Å²) in [5, 5.41) is 20.2. The molecule has 4 N–H and O–H groups in total. The number of benzene rings is 1. The molecule has 0 heterocycles. The molecule has 0 aliphatic carbocycles. The first-order valence-corrected chi connectivity index (χ1v) is 6.01. The van der Waals surface area contributed by atoms with Gasteiger partial charge in [0.25, 0.3) is 0 Å². The highest BCUT2D eigenvalue weighted by Gasteiger charge is 2.05. The standard InChI is InChI=1S/C13H20N2O3/c1-10-9-11(18-8-4-2-3-7-16)5-6-12(10)13(14)15-17/h5-6,9,16-17H,2-4,7-8H2,1H3,(H2,14,15). The number of amidine groups is 1. The monoisotopic (exact) mass is 252 g/mol. The van der Waals surface area contributed by atoms with E-state index in [2.05, 4.69) is 5.16 Å². The van der Waals surface area contributed by atoms with Crippen LogP contribution in [0.25, 0.3) is 0 Å². The van der Waals surface area contributed by atoms with Crippen LogP contribution in [0.5, 0.6) is 5.75 Å². The van der Waals surface area contributed by atoms with Crippen molar-refractivity contribution in [2.45, 2.75) is 26.2 Å². The van der Waals surface area contributed by atoms with Crippen molar-refractivity contribution in [3.8, 4) is 5.75 Å². The second-order valence-corrected chi connectivity index (χ2v) is 4.09. The first-order chi connectivity index (χ1) is 8.69.